The van der Waals surface area contributed by atoms with Crippen LogP contribution in [0.25, 0.3) is 11.2 Å². The minimum atomic E-state index is -5.93. The van der Waals surface area contributed by atoms with Gasteiger partial charge in [-0.2, -0.15) is 0 Å². The zero-order chi connectivity index (χ0) is 58.2. The number of aliphatic hydroxyl groups excluding tert-OH is 2. The van der Waals surface area contributed by atoms with E-state index >= 15 is 0 Å². The van der Waals surface area contributed by atoms with Crippen molar-refractivity contribution in [1.82, 2.24) is 30.2 Å². The van der Waals surface area contributed by atoms with Crippen molar-refractivity contribution in [2.45, 2.75) is 161 Å². The molecule has 1 saturated heterocycles. The third kappa shape index (κ3) is 29.0. The Balaban J connectivity index is 1.20. The largest absolute Gasteiger partial charge is 0.790 e. The summed E-state index contributed by atoms with van der Waals surface area (Å²) in [7, 11) is -17.6. The SMILES string of the molecule is CC/C=C\C/C=C\C/C=C\C/C=C\C/C=C\CCCCCCCCCCC/C=C/C(=O)SCCNC(=O)CCNC(=O)[C@H](O)C(C)(C)COP(=O)([O-])OP(=O)([O-])OC[C@H]1O[C@@H](n2cnc3c(N)ncnc32)[C@H](O)[C@@H]1OP(=O)([O-])[O-]. The number of anilines is 1. The first-order valence-electron chi connectivity index (χ1n) is 26.5. The number of imidazole rings is 1. The molecular weight excluding hydrogens is 1110 g/mol. The summed E-state index contributed by atoms with van der Waals surface area (Å²) in [6, 6.07) is 0. The first-order chi connectivity index (χ1) is 37.6. The van der Waals surface area contributed by atoms with Crippen molar-refractivity contribution < 1.29 is 80.5 Å². The van der Waals surface area contributed by atoms with Crippen molar-refractivity contribution in [2.24, 2.45) is 5.41 Å². The Labute approximate surface area is 467 Å². The average Bonchev–Trinajstić information content (AvgIpc) is 4.12. The molecule has 2 amide bonds. The number of thioether (sulfide) groups is 1. The molecule has 6 N–H and O–H groups in total. The highest BCUT2D eigenvalue weighted by Gasteiger charge is 2.47. The number of hydrogen-bond acceptors (Lipinski definition) is 22. The smallest absolute Gasteiger partial charge is 0.274 e. The predicted octanol–water partition coefficient (Wildman–Crippen LogP) is 5.74. The molecule has 28 heteroatoms. The summed E-state index contributed by atoms with van der Waals surface area (Å²) in [6.45, 7) is 2.24. The number of nitrogens with two attached hydrogens (primary N) is 1. The fourth-order valence-corrected chi connectivity index (χ4v) is 11.0. The molecule has 0 bridgehead atoms. The Bertz CT molecular complexity index is 2500. The van der Waals surface area contributed by atoms with Gasteiger partial charge in [0.2, 0.25) is 16.9 Å². The number of unbranched alkanes of at least 4 members (excludes halogenated alkanes) is 10. The van der Waals surface area contributed by atoms with Crippen molar-refractivity contribution in [3.05, 3.63) is 85.6 Å². The lowest BCUT2D eigenvalue weighted by Crippen LogP contribution is -2.46. The van der Waals surface area contributed by atoms with Crippen LogP contribution in [0.15, 0.2) is 85.6 Å². The fourth-order valence-electron chi connectivity index (χ4n) is 7.62. The van der Waals surface area contributed by atoms with Gasteiger partial charge in [-0.1, -0.05) is 144 Å². The van der Waals surface area contributed by atoms with Crippen LogP contribution in [0.3, 0.4) is 0 Å². The van der Waals surface area contributed by atoms with Crippen LogP contribution in [0.4, 0.5) is 5.82 Å². The van der Waals surface area contributed by atoms with Gasteiger partial charge < -0.3 is 69.0 Å². The van der Waals surface area contributed by atoms with E-state index < -0.39 is 84.6 Å². The molecule has 1 fully saturated rings. The molecule has 2 aromatic heterocycles. The van der Waals surface area contributed by atoms with Crippen LogP contribution in [0, 0.1) is 5.41 Å². The monoisotopic (exact) mass is 1190 g/mol. The molecule has 0 spiro atoms. The highest BCUT2D eigenvalue weighted by molar-refractivity contribution is 8.14. The predicted molar refractivity (Wildman–Crippen MR) is 293 cm³/mol. The van der Waals surface area contributed by atoms with Crippen molar-refractivity contribution in [3.8, 4) is 0 Å². The number of hydrogen-bond donors (Lipinski definition) is 5. The molecule has 0 saturated carbocycles. The lowest BCUT2D eigenvalue weighted by molar-refractivity contribution is -0.347. The van der Waals surface area contributed by atoms with Crippen LogP contribution in [-0.4, -0.2) is 103 Å². The average molecular weight is 1190 g/mol. The summed E-state index contributed by atoms with van der Waals surface area (Å²) in [6.07, 6.45) is 35.8. The molecular formula is C51H78N7O17P3S-4. The molecule has 0 aliphatic carbocycles. The van der Waals surface area contributed by atoms with Crippen molar-refractivity contribution >= 4 is 69.1 Å². The number of rotatable bonds is 41. The Kier molecular flexibility index (Phi) is 32.6. The quantitative estimate of drug-likeness (QED) is 0.0229. The fraction of sp³-hybridized carbons (Fsp3) is 0.608. The summed E-state index contributed by atoms with van der Waals surface area (Å²) >= 11 is 1.05. The number of aliphatic hydroxyl groups is 2. The van der Waals surface area contributed by atoms with Gasteiger partial charge in [0.15, 0.2) is 17.7 Å². The topological polar surface area (TPSA) is 375 Å². The Morgan fingerprint density at radius 2 is 1.35 bits per heavy atom. The molecule has 2 unspecified atom stereocenters. The van der Waals surface area contributed by atoms with E-state index in [1.165, 1.54) is 58.8 Å². The molecule has 2 aromatic rings. The third-order valence-corrected chi connectivity index (χ3v) is 15.7. The van der Waals surface area contributed by atoms with Gasteiger partial charge in [0, 0.05) is 30.7 Å². The number of ether oxygens (including phenoxy) is 1. The Morgan fingerprint density at radius 1 is 0.797 bits per heavy atom. The number of amides is 2. The number of carbonyl (C=O) groups excluding carboxylic acids is 3. The van der Waals surface area contributed by atoms with Gasteiger partial charge >= 0.3 is 0 Å². The molecule has 0 aromatic carbocycles. The minimum Gasteiger partial charge on any atom is -0.790 e. The molecule has 24 nitrogen and oxygen atoms in total. The number of nitrogens with one attached hydrogen (secondary N) is 2. The number of nitrogens with zero attached hydrogens (tertiary/aromatic N) is 4. The molecule has 0 radical (unpaired) electrons. The van der Waals surface area contributed by atoms with Crippen LogP contribution in [0.5, 0.6) is 0 Å². The van der Waals surface area contributed by atoms with Crippen LogP contribution in [0.2, 0.25) is 0 Å². The summed E-state index contributed by atoms with van der Waals surface area (Å²) < 4.78 is 61.0. The number of phosphoric ester groups is 3. The van der Waals surface area contributed by atoms with Crippen molar-refractivity contribution in [2.75, 3.05) is 37.8 Å². The highest BCUT2D eigenvalue weighted by atomic mass is 32.2. The van der Waals surface area contributed by atoms with Crippen molar-refractivity contribution in [1.29, 1.82) is 0 Å². The first-order valence-corrected chi connectivity index (χ1v) is 31.8. The maximum absolute atomic E-state index is 12.7. The van der Waals surface area contributed by atoms with Crippen LogP contribution < -0.4 is 35.9 Å². The van der Waals surface area contributed by atoms with Crippen molar-refractivity contribution in [3.63, 3.8) is 0 Å². The Hall–Kier alpha value is -4.00. The van der Waals surface area contributed by atoms with Crippen LogP contribution in [0.1, 0.15) is 136 Å². The normalized spacial score (nSPS) is 19.5. The summed E-state index contributed by atoms with van der Waals surface area (Å²) in [5.41, 5.74) is 4.09. The van der Waals surface area contributed by atoms with Gasteiger partial charge in [0.1, 0.15) is 36.3 Å². The maximum Gasteiger partial charge on any atom is 0.274 e. The summed E-state index contributed by atoms with van der Waals surface area (Å²) in [5.74, 6) is -1.22. The van der Waals surface area contributed by atoms with Crippen LogP contribution >= 0.6 is 35.2 Å². The molecule has 444 valence electrons. The summed E-state index contributed by atoms with van der Waals surface area (Å²) in [5, 5.41) is 26.3. The number of nitrogen functional groups attached to an aromatic ring is 1. The van der Waals surface area contributed by atoms with E-state index in [9.17, 15) is 57.9 Å². The molecule has 3 heterocycles. The number of fused-ring (bicyclic) bond motifs is 1. The number of phosphoric acid groups is 3. The zero-order valence-electron chi connectivity index (χ0n) is 45.2. The minimum absolute atomic E-state index is 0.0210. The van der Waals surface area contributed by atoms with Gasteiger partial charge in [-0.3, -0.25) is 28.1 Å². The van der Waals surface area contributed by atoms with E-state index in [0.717, 1.165) is 86.8 Å². The van der Waals surface area contributed by atoms with E-state index in [0.29, 0.717) is 5.75 Å². The second-order valence-corrected chi connectivity index (χ2v) is 24.2. The van der Waals surface area contributed by atoms with Gasteiger partial charge in [-0.25, -0.2) is 19.3 Å². The van der Waals surface area contributed by atoms with Gasteiger partial charge in [-0.05, 0) is 63.9 Å². The molecule has 3 rings (SSSR count). The molecule has 1 aliphatic heterocycles. The maximum atomic E-state index is 12.7. The number of aromatic nitrogens is 4. The van der Waals surface area contributed by atoms with E-state index in [-0.39, 0.29) is 41.6 Å². The van der Waals surface area contributed by atoms with E-state index in [2.05, 4.69) is 111 Å². The van der Waals surface area contributed by atoms with Gasteiger partial charge in [0.25, 0.3) is 15.6 Å². The van der Waals surface area contributed by atoms with Crippen LogP contribution in [-0.2, 0) is 50.7 Å². The number of carbonyl (C=O) groups is 3. The van der Waals surface area contributed by atoms with Gasteiger partial charge in [-0.15, -0.1) is 0 Å². The van der Waals surface area contributed by atoms with Gasteiger partial charge in [0.05, 0.1) is 27.4 Å². The second kappa shape index (κ2) is 37.2. The second-order valence-electron chi connectivity index (χ2n) is 19.0. The van der Waals surface area contributed by atoms with E-state index in [1.54, 1.807) is 6.08 Å². The van der Waals surface area contributed by atoms with E-state index in [1.807, 2.05) is 6.08 Å². The lowest BCUT2D eigenvalue weighted by Gasteiger charge is -2.36. The number of allylic oxidation sites excluding steroid dienone is 11. The zero-order valence-corrected chi connectivity index (χ0v) is 48.7. The molecule has 7 atom stereocenters. The van der Waals surface area contributed by atoms with E-state index in [4.69, 9.17) is 10.5 Å². The molecule has 1 aliphatic rings. The first kappa shape index (κ1) is 69.3. The standard InChI is InChI=1S/C51H82N7O17P3S/c1-4-5-6-7-8-9-10-11-12-13-14-15-16-17-18-19-20-21-22-23-24-25-26-27-28-29-30-31-42(60)79-35-34-53-41(59)32-33-54-49(63)46(62)51(2,3)37-72-78(69,70)75-77(67,68)71-36-40-45(74-76(64,65)66)44(61)50(73-40)58-39-57-43-47(52)55-38-56-48(43)58/h5-6,8-9,11-12,14-15,17-18,30-31,38-40,44-46,50,61-62H,4,7,10,13,16,19-29,32-37H2,1-3H3,(H,53,59)(H,54,63)(H,67,68)(H,69,70)(H2,52,55,56)(H2,64,65,66)/p-4/b6-5-,9-8-,12-11-,15-14-,18-17-,31-30+/t40-,44-,45-,46+,50-/m1/s1. The third-order valence-electron chi connectivity index (χ3n) is 11.9. The Morgan fingerprint density at radius 3 is 1.95 bits per heavy atom. The summed E-state index contributed by atoms with van der Waals surface area (Å²) in [4.78, 5) is 97.1. The lowest BCUT2D eigenvalue weighted by atomic mass is 9.87. The highest BCUT2D eigenvalue weighted by Crippen LogP contribution is 2.56. The molecule has 79 heavy (non-hydrogen) atoms.